The van der Waals surface area contributed by atoms with E-state index >= 15 is 0 Å². The van der Waals surface area contributed by atoms with Crippen molar-refractivity contribution in [3.05, 3.63) is 76.9 Å². The third kappa shape index (κ3) is 4.26. The number of hydrogen-bond donors (Lipinski definition) is 1. The van der Waals surface area contributed by atoms with Crippen LogP contribution in [0.2, 0.25) is 5.02 Å². The summed E-state index contributed by atoms with van der Waals surface area (Å²) in [7, 11) is 1.51. The molecule has 0 saturated heterocycles. The molecule has 0 unspecified atom stereocenters. The lowest BCUT2D eigenvalue weighted by molar-refractivity contribution is -0.137. The summed E-state index contributed by atoms with van der Waals surface area (Å²) in [4.78, 5) is 16.3. The van der Waals surface area contributed by atoms with Gasteiger partial charge in [-0.25, -0.2) is 0 Å². The highest BCUT2D eigenvalue weighted by molar-refractivity contribution is 6.33. The third-order valence-electron chi connectivity index (χ3n) is 3.93. The number of hydrogen-bond acceptors (Lipinski definition) is 3. The number of benzene rings is 2. The molecule has 1 N–H and O–H groups in total. The van der Waals surface area contributed by atoms with Crippen molar-refractivity contribution >= 4 is 23.2 Å². The van der Waals surface area contributed by atoms with Crippen LogP contribution in [0.5, 0.6) is 5.75 Å². The van der Waals surface area contributed by atoms with Crippen LogP contribution < -0.4 is 10.1 Å². The Hall–Kier alpha value is -3.06. The summed E-state index contributed by atoms with van der Waals surface area (Å²) in [5, 5.41) is 2.67. The number of methoxy groups -OCH3 is 1. The van der Waals surface area contributed by atoms with Gasteiger partial charge in [0, 0.05) is 29.1 Å². The number of anilines is 1. The summed E-state index contributed by atoms with van der Waals surface area (Å²) < 4.78 is 44.8. The standard InChI is InChI=1S/C20H14ClF3N2O2/c1-28-14-5-2-4-13(11-14)26-19(27)12-7-8-15(17(21)10-12)18-16(20(22,23)24)6-3-9-25-18/h2-11H,1H3,(H,26,27). The average molecular weight is 407 g/mol. The topological polar surface area (TPSA) is 51.2 Å². The van der Waals surface area contributed by atoms with E-state index < -0.39 is 17.6 Å². The van der Waals surface area contributed by atoms with E-state index in [9.17, 15) is 18.0 Å². The summed E-state index contributed by atoms with van der Waals surface area (Å²) in [5.74, 6) is 0.111. The van der Waals surface area contributed by atoms with Crippen LogP contribution in [0.1, 0.15) is 15.9 Å². The molecule has 28 heavy (non-hydrogen) atoms. The molecule has 0 atom stereocenters. The van der Waals surface area contributed by atoms with Crippen LogP contribution in [-0.4, -0.2) is 18.0 Å². The first-order valence-corrected chi connectivity index (χ1v) is 8.45. The molecule has 3 aromatic rings. The number of pyridine rings is 1. The molecule has 0 fully saturated rings. The second-order valence-corrected chi connectivity index (χ2v) is 6.19. The van der Waals surface area contributed by atoms with Crippen LogP contribution in [0, 0.1) is 0 Å². The number of alkyl halides is 3. The zero-order valence-electron chi connectivity index (χ0n) is 14.5. The van der Waals surface area contributed by atoms with Gasteiger partial charge in [-0.2, -0.15) is 13.2 Å². The maximum Gasteiger partial charge on any atom is 0.418 e. The monoisotopic (exact) mass is 406 g/mol. The Kier molecular flexibility index (Phi) is 5.56. The maximum atomic E-state index is 13.2. The maximum absolute atomic E-state index is 13.2. The number of ether oxygens (including phenoxy) is 1. The number of carbonyl (C=O) groups is 1. The molecule has 144 valence electrons. The highest BCUT2D eigenvalue weighted by Gasteiger charge is 2.34. The quantitative estimate of drug-likeness (QED) is 0.606. The Morgan fingerprint density at radius 3 is 2.57 bits per heavy atom. The Bertz CT molecular complexity index is 1020. The smallest absolute Gasteiger partial charge is 0.418 e. The molecule has 1 aromatic heterocycles. The minimum atomic E-state index is -4.57. The molecular weight excluding hydrogens is 393 g/mol. The Labute approximate surface area is 163 Å². The Morgan fingerprint density at radius 1 is 1.11 bits per heavy atom. The summed E-state index contributed by atoms with van der Waals surface area (Å²) in [6.07, 6.45) is -3.32. The molecule has 0 spiro atoms. The first-order valence-electron chi connectivity index (χ1n) is 8.07. The van der Waals surface area contributed by atoms with Crippen molar-refractivity contribution in [2.45, 2.75) is 6.18 Å². The van der Waals surface area contributed by atoms with Crippen LogP contribution in [0.3, 0.4) is 0 Å². The summed E-state index contributed by atoms with van der Waals surface area (Å²) in [6.45, 7) is 0. The first kappa shape index (κ1) is 19.7. The lowest BCUT2D eigenvalue weighted by Gasteiger charge is -2.13. The van der Waals surface area contributed by atoms with Gasteiger partial charge in [0.1, 0.15) is 5.75 Å². The van der Waals surface area contributed by atoms with Crippen molar-refractivity contribution in [3.63, 3.8) is 0 Å². The normalized spacial score (nSPS) is 11.2. The highest BCUT2D eigenvalue weighted by Crippen LogP contribution is 2.38. The van der Waals surface area contributed by atoms with Gasteiger partial charge in [-0.05, 0) is 36.4 Å². The van der Waals surface area contributed by atoms with Crippen molar-refractivity contribution in [3.8, 4) is 17.0 Å². The van der Waals surface area contributed by atoms with E-state index in [2.05, 4.69) is 10.3 Å². The van der Waals surface area contributed by atoms with Gasteiger partial charge in [-0.15, -0.1) is 0 Å². The summed E-state index contributed by atoms with van der Waals surface area (Å²) >= 11 is 6.17. The number of rotatable bonds is 4. The summed E-state index contributed by atoms with van der Waals surface area (Å²) in [5.41, 5.74) is -0.396. The van der Waals surface area contributed by atoms with Crippen LogP contribution in [0.15, 0.2) is 60.8 Å². The minimum Gasteiger partial charge on any atom is -0.497 e. The molecule has 0 bridgehead atoms. The molecule has 0 radical (unpaired) electrons. The van der Waals surface area contributed by atoms with E-state index in [0.717, 1.165) is 6.07 Å². The van der Waals surface area contributed by atoms with Crippen LogP contribution >= 0.6 is 11.6 Å². The number of nitrogens with zero attached hydrogens (tertiary/aromatic N) is 1. The fraction of sp³-hybridized carbons (Fsp3) is 0.100. The second-order valence-electron chi connectivity index (χ2n) is 5.78. The van der Waals surface area contributed by atoms with E-state index in [1.807, 2.05) is 0 Å². The van der Waals surface area contributed by atoms with Crippen LogP contribution in [-0.2, 0) is 6.18 Å². The van der Waals surface area contributed by atoms with Gasteiger partial charge in [0.15, 0.2) is 0 Å². The molecule has 2 aromatic carbocycles. The number of carbonyl (C=O) groups excluding carboxylic acids is 1. The lowest BCUT2D eigenvalue weighted by Crippen LogP contribution is -2.12. The zero-order valence-corrected chi connectivity index (χ0v) is 15.3. The van der Waals surface area contributed by atoms with Gasteiger partial charge in [-0.3, -0.25) is 9.78 Å². The van der Waals surface area contributed by atoms with Crippen molar-refractivity contribution in [1.82, 2.24) is 4.98 Å². The minimum absolute atomic E-state index is 0.0116. The SMILES string of the molecule is COc1cccc(NC(=O)c2ccc(-c3ncccc3C(F)(F)F)c(Cl)c2)c1. The Morgan fingerprint density at radius 2 is 1.89 bits per heavy atom. The number of nitrogens with one attached hydrogen (secondary N) is 1. The molecule has 1 amide bonds. The van der Waals surface area contributed by atoms with Crippen LogP contribution in [0.25, 0.3) is 11.3 Å². The number of halogens is 4. The predicted molar refractivity (Wildman–Crippen MR) is 101 cm³/mol. The summed E-state index contributed by atoms with van der Waals surface area (Å²) in [6, 6.07) is 12.9. The molecule has 0 aliphatic heterocycles. The van der Waals surface area contributed by atoms with Gasteiger partial charge < -0.3 is 10.1 Å². The van der Waals surface area contributed by atoms with Crippen molar-refractivity contribution in [2.24, 2.45) is 0 Å². The zero-order chi connectivity index (χ0) is 20.3. The number of amides is 1. The van der Waals surface area contributed by atoms with Gasteiger partial charge in [0.25, 0.3) is 5.91 Å². The van der Waals surface area contributed by atoms with Gasteiger partial charge in [0.2, 0.25) is 0 Å². The lowest BCUT2D eigenvalue weighted by atomic mass is 10.0. The van der Waals surface area contributed by atoms with E-state index in [1.165, 1.54) is 37.6 Å². The molecular formula is C20H14ClF3N2O2. The number of aromatic nitrogens is 1. The van der Waals surface area contributed by atoms with E-state index in [1.54, 1.807) is 24.3 Å². The molecule has 3 rings (SSSR count). The molecule has 0 saturated carbocycles. The van der Waals surface area contributed by atoms with Crippen molar-refractivity contribution in [2.75, 3.05) is 12.4 Å². The van der Waals surface area contributed by atoms with E-state index in [-0.39, 0.29) is 21.8 Å². The molecule has 0 aliphatic rings. The fourth-order valence-electron chi connectivity index (χ4n) is 2.60. The second kappa shape index (κ2) is 7.90. The average Bonchev–Trinajstić information content (AvgIpc) is 2.67. The first-order chi connectivity index (χ1) is 13.3. The molecule has 4 nitrogen and oxygen atoms in total. The van der Waals surface area contributed by atoms with Crippen molar-refractivity contribution in [1.29, 1.82) is 0 Å². The Balaban J connectivity index is 1.90. The molecule has 0 aliphatic carbocycles. The van der Waals surface area contributed by atoms with E-state index in [4.69, 9.17) is 16.3 Å². The highest BCUT2D eigenvalue weighted by atomic mass is 35.5. The van der Waals surface area contributed by atoms with Gasteiger partial charge in [-0.1, -0.05) is 23.7 Å². The predicted octanol–water partition coefficient (Wildman–Crippen LogP) is 5.68. The third-order valence-corrected chi connectivity index (χ3v) is 4.24. The van der Waals surface area contributed by atoms with Gasteiger partial charge >= 0.3 is 6.18 Å². The molecule has 1 heterocycles. The van der Waals surface area contributed by atoms with E-state index in [0.29, 0.717) is 11.4 Å². The fourth-order valence-corrected chi connectivity index (χ4v) is 2.87. The largest absolute Gasteiger partial charge is 0.497 e. The van der Waals surface area contributed by atoms with Gasteiger partial charge in [0.05, 0.1) is 23.4 Å². The molecule has 8 heteroatoms. The van der Waals surface area contributed by atoms with Crippen LogP contribution in [0.4, 0.5) is 18.9 Å². The van der Waals surface area contributed by atoms with Crippen molar-refractivity contribution < 1.29 is 22.7 Å².